The molecule has 23 heavy (non-hydrogen) atoms. The lowest BCUT2D eigenvalue weighted by Crippen LogP contribution is -1.98. The van der Waals surface area contributed by atoms with Gasteiger partial charge in [-0.1, -0.05) is 0 Å². The Morgan fingerprint density at radius 2 is 2.00 bits per heavy atom. The molecule has 0 saturated heterocycles. The Hall–Kier alpha value is -2.81. The van der Waals surface area contributed by atoms with E-state index in [4.69, 9.17) is 9.47 Å². The molecule has 3 rings (SSSR count). The average molecular weight is 334 g/mol. The maximum absolute atomic E-state index is 10.4. The largest absolute Gasteiger partial charge is 0.497 e. The van der Waals surface area contributed by atoms with Crippen molar-refractivity contribution >= 4 is 11.8 Å². The van der Waals surface area contributed by atoms with Crippen molar-refractivity contribution in [1.82, 2.24) is 19.7 Å². The fourth-order valence-electron chi connectivity index (χ4n) is 2.09. The molecule has 0 aliphatic rings. The highest BCUT2D eigenvalue weighted by atomic mass is 32.2. The molecule has 3 aromatic rings. The number of hydrogen-bond acceptors (Lipinski definition) is 7. The molecule has 120 valence electrons. The number of aromatic amines is 1. The van der Waals surface area contributed by atoms with Crippen LogP contribution < -0.4 is 9.47 Å². The van der Waals surface area contributed by atoms with Crippen LogP contribution in [0.5, 0.6) is 23.3 Å². The highest BCUT2D eigenvalue weighted by molar-refractivity contribution is 7.99. The minimum atomic E-state index is -0.132. The van der Waals surface area contributed by atoms with Gasteiger partial charge in [0, 0.05) is 12.1 Å². The van der Waals surface area contributed by atoms with E-state index in [0.29, 0.717) is 27.2 Å². The summed E-state index contributed by atoms with van der Waals surface area (Å²) in [7, 11) is 3.05. The third kappa shape index (κ3) is 2.78. The molecule has 3 N–H and O–H groups in total. The van der Waals surface area contributed by atoms with Crippen molar-refractivity contribution in [3.05, 3.63) is 30.6 Å². The summed E-state index contributed by atoms with van der Waals surface area (Å²) in [5.74, 6) is 0.787. The minimum absolute atomic E-state index is 0.131. The molecule has 8 nitrogen and oxygen atoms in total. The molecule has 0 bridgehead atoms. The van der Waals surface area contributed by atoms with Crippen molar-refractivity contribution < 1.29 is 19.7 Å². The summed E-state index contributed by atoms with van der Waals surface area (Å²) in [6.07, 6.45) is 1.36. The molecule has 1 aromatic carbocycles. The zero-order chi connectivity index (χ0) is 16.4. The van der Waals surface area contributed by atoms with Crippen molar-refractivity contribution in [3.63, 3.8) is 0 Å². The Morgan fingerprint density at radius 1 is 1.17 bits per heavy atom. The van der Waals surface area contributed by atoms with Crippen LogP contribution in [-0.4, -0.2) is 44.2 Å². The predicted molar refractivity (Wildman–Crippen MR) is 82.7 cm³/mol. The van der Waals surface area contributed by atoms with Crippen LogP contribution >= 0.6 is 11.8 Å². The van der Waals surface area contributed by atoms with Crippen LogP contribution in [0, 0.1) is 0 Å². The van der Waals surface area contributed by atoms with Gasteiger partial charge in [-0.05, 0) is 23.9 Å². The molecule has 0 radical (unpaired) electrons. The molecule has 0 spiro atoms. The van der Waals surface area contributed by atoms with E-state index < -0.39 is 0 Å². The number of aromatic hydroxyl groups is 2. The van der Waals surface area contributed by atoms with Gasteiger partial charge in [-0.25, -0.2) is 9.55 Å². The first kappa shape index (κ1) is 15.1. The smallest absolute Gasteiger partial charge is 0.213 e. The SMILES string of the molecule is COc1ccc(-n2c(O)cc(Sc3ncn[nH]3)c2O)c(OC)c1. The van der Waals surface area contributed by atoms with Gasteiger partial charge < -0.3 is 19.7 Å². The third-order valence-corrected chi connectivity index (χ3v) is 4.06. The molecular formula is C14H14N4O4S. The average Bonchev–Trinajstić information content (AvgIpc) is 3.16. The maximum atomic E-state index is 10.4. The van der Waals surface area contributed by atoms with E-state index in [1.807, 2.05) is 0 Å². The second-order valence-corrected chi connectivity index (χ2v) is 5.49. The summed E-state index contributed by atoms with van der Waals surface area (Å²) < 4.78 is 11.7. The Balaban J connectivity index is 2.05. The van der Waals surface area contributed by atoms with Gasteiger partial charge >= 0.3 is 0 Å². The zero-order valence-corrected chi connectivity index (χ0v) is 13.2. The van der Waals surface area contributed by atoms with Crippen LogP contribution in [0.15, 0.2) is 40.6 Å². The number of methoxy groups -OCH3 is 2. The van der Waals surface area contributed by atoms with E-state index in [1.165, 1.54) is 24.1 Å². The predicted octanol–water partition coefficient (Wildman–Crippen LogP) is 2.17. The summed E-state index contributed by atoms with van der Waals surface area (Å²) >= 11 is 1.15. The number of ether oxygens (including phenoxy) is 2. The fourth-order valence-corrected chi connectivity index (χ4v) is 2.85. The highest BCUT2D eigenvalue weighted by Crippen LogP contribution is 2.42. The minimum Gasteiger partial charge on any atom is -0.497 e. The van der Waals surface area contributed by atoms with Crippen LogP contribution in [0.4, 0.5) is 0 Å². The van der Waals surface area contributed by atoms with Gasteiger partial charge in [0.05, 0.1) is 24.8 Å². The van der Waals surface area contributed by atoms with E-state index in [2.05, 4.69) is 15.2 Å². The number of nitrogens with one attached hydrogen (secondary N) is 1. The van der Waals surface area contributed by atoms with Gasteiger partial charge in [0.15, 0.2) is 11.0 Å². The molecule has 0 aliphatic carbocycles. The summed E-state index contributed by atoms with van der Waals surface area (Å²) in [6, 6.07) is 6.49. The second-order valence-electron chi connectivity index (χ2n) is 4.46. The molecule has 9 heteroatoms. The first-order chi connectivity index (χ1) is 11.1. The molecule has 0 fully saturated rings. The lowest BCUT2D eigenvalue weighted by atomic mass is 10.2. The van der Waals surface area contributed by atoms with Crippen LogP contribution in [0.2, 0.25) is 0 Å². The Morgan fingerprint density at radius 3 is 2.65 bits per heavy atom. The number of aromatic nitrogens is 4. The maximum Gasteiger partial charge on any atom is 0.213 e. The van der Waals surface area contributed by atoms with Gasteiger partial charge in [0.2, 0.25) is 5.88 Å². The van der Waals surface area contributed by atoms with E-state index in [-0.39, 0.29) is 11.8 Å². The van der Waals surface area contributed by atoms with Crippen molar-refractivity contribution in [2.75, 3.05) is 14.2 Å². The summed E-state index contributed by atoms with van der Waals surface area (Å²) in [4.78, 5) is 4.40. The molecule has 2 heterocycles. The lowest BCUT2D eigenvalue weighted by Gasteiger charge is -2.13. The monoisotopic (exact) mass is 334 g/mol. The van der Waals surface area contributed by atoms with E-state index >= 15 is 0 Å². The normalized spacial score (nSPS) is 10.7. The summed E-state index contributed by atoms with van der Waals surface area (Å²) in [5, 5.41) is 27.6. The molecular weight excluding hydrogens is 320 g/mol. The number of rotatable bonds is 5. The lowest BCUT2D eigenvalue weighted by molar-refractivity contribution is 0.378. The quantitative estimate of drug-likeness (QED) is 0.656. The topological polar surface area (TPSA) is 105 Å². The van der Waals surface area contributed by atoms with Crippen molar-refractivity contribution in [2.45, 2.75) is 10.1 Å². The molecule has 0 aliphatic heterocycles. The van der Waals surface area contributed by atoms with Crippen molar-refractivity contribution in [1.29, 1.82) is 0 Å². The molecule has 0 saturated carbocycles. The van der Waals surface area contributed by atoms with E-state index in [0.717, 1.165) is 11.8 Å². The van der Waals surface area contributed by atoms with Gasteiger partial charge in [-0.3, -0.25) is 5.10 Å². The molecule has 0 amide bonds. The summed E-state index contributed by atoms with van der Waals surface area (Å²) in [5.41, 5.74) is 0.479. The first-order valence-corrected chi connectivity index (χ1v) is 7.35. The van der Waals surface area contributed by atoms with Crippen LogP contribution in [0.25, 0.3) is 5.69 Å². The van der Waals surface area contributed by atoms with Gasteiger partial charge in [0.25, 0.3) is 0 Å². The van der Waals surface area contributed by atoms with Gasteiger partial charge in [0.1, 0.15) is 17.8 Å². The van der Waals surface area contributed by atoms with Crippen LogP contribution in [0.3, 0.4) is 0 Å². The number of H-pyrrole nitrogens is 1. The molecule has 2 aromatic heterocycles. The first-order valence-electron chi connectivity index (χ1n) is 6.53. The highest BCUT2D eigenvalue weighted by Gasteiger charge is 2.20. The summed E-state index contributed by atoms with van der Waals surface area (Å²) in [6.45, 7) is 0. The number of hydrogen-bond donors (Lipinski definition) is 3. The van der Waals surface area contributed by atoms with Crippen molar-refractivity contribution in [2.24, 2.45) is 0 Å². The van der Waals surface area contributed by atoms with Crippen LogP contribution in [-0.2, 0) is 0 Å². The van der Waals surface area contributed by atoms with E-state index in [1.54, 1.807) is 25.3 Å². The number of nitrogens with zero attached hydrogens (tertiary/aromatic N) is 3. The van der Waals surface area contributed by atoms with Gasteiger partial charge in [-0.15, -0.1) is 0 Å². The third-order valence-electron chi connectivity index (χ3n) is 3.15. The zero-order valence-electron chi connectivity index (χ0n) is 12.3. The molecule has 0 unspecified atom stereocenters. The molecule has 0 atom stereocenters. The standard InChI is InChI=1S/C14H14N4O4S/c1-21-8-3-4-9(10(5-8)22-2)18-12(19)6-11(13(18)20)23-14-15-7-16-17-14/h3-7,19-20H,1-2H3,(H,15,16,17). The Labute approximate surface area is 135 Å². The van der Waals surface area contributed by atoms with Gasteiger partial charge in [-0.2, -0.15) is 5.10 Å². The van der Waals surface area contributed by atoms with Crippen LogP contribution in [0.1, 0.15) is 0 Å². The van der Waals surface area contributed by atoms with Crippen molar-refractivity contribution in [3.8, 4) is 28.9 Å². The fraction of sp³-hybridized carbons (Fsp3) is 0.143. The number of benzene rings is 1. The Bertz CT molecular complexity index is 817. The Kier molecular flexibility index (Phi) is 4.02. The van der Waals surface area contributed by atoms with E-state index in [9.17, 15) is 10.2 Å². The second kappa shape index (κ2) is 6.13.